The van der Waals surface area contributed by atoms with Crippen LogP contribution in [0.25, 0.3) is 0 Å². The van der Waals surface area contributed by atoms with Gasteiger partial charge in [0.2, 0.25) is 11.8 Å². The van der Waals surface area contributed by atoms with Gasteiger partial charge in [0.1, 0.15) is 6.10 Å². The Morgan fingerprint density at radius 2 is 1.59 bits per heavy atom. The van der Waals surface area contributed by atoms with Gasteiger partial charge in [0.15, 0.2) is 0 Å². The molecule has 4 aliphatic rings. The Labute approximate surface area is 173 Å². The topological polar surface area (TPSA) is 59.0 Å². The van der Waals surface area contributed by atoms with E-state index in [4.69, 9.17) is 16.4 Å². The van der Waals surface area contributed by atoms with Gasteiger partial charge in [-0.05, 0) is 49.1 Å². The lowest BCUT2D eigenvalue weighted by molar-refractivity contribution is -0.125. The summed E-state index contributed by atoms with van der Waals surface area (Å²) in [7, 11) is 0. The predicted molar refractivity (Wildman–Crippen MR) is 109 cm³/mol. The number of amides is 2. The molecule has 0 spiro atoms. The van der Waals surface area contributed by atoms with Gasteiger partial charge >= 0.3 is 0 Å². The lowest BCUT2D eigenvalue weighted by Gasteiger charge is -2.29. The van der Waals surface area contributed by atoms with Crippen LogP contribution in [0.15, 0.2) is 53.7 Å². The van der Waals surface area contributed by atoms with Crippen LogP contribution >= 0.6 is 11.6 Å². The minimum absolute atomic E-state index is 0.0375. The second kappa shape index (κ2) is 5.92. The number of carbonyl (C=O) groups is 2. The van der Waals surface area contributed by atoms with Crippen molar-refractivity contribution < 1.29 is 14.4 Å². The van der Waals surface area contributed by atoms with Crippen LogP contribution in [0.4, 0.5) is 5.69 Å². The molecule has 6 atom stereocenters. The Kier molecular flexibility index (Phi) is 3.52. The monoisotopic (exact) mass is 406 g/mol. The predicted octanol–water partition coefficient (Wildman–Crippen LogP) is 3.82. The molecule has 2 aromatic rings. The fourth-order valence-electron chi connectivity index (χ4n) is 5.93. The van der Waals surface area contributed by atoms with Gasteiger partial charge in [-0.25, -0.2) is 0 Å². The Hall–Kier alpha value is -2.66. The fraction of sp³-hybridized carbons (Fsp3) is 0.348. The van der Waals surface area contributed by atoms with Gasteiger partial charge in [0, 0.05) is 16.9 Å². The summed E-state index contributed by atoms with van der Waals surface area (Å²) in [5.74, 6) is -0.601. The van der Waals surface area contributed by atoms with Crippen molar-refractivity contribution in [3.05, 3.63) is 64.7 Å². The van der Waals surface area contributed by atoms with Crippen molar-refractivity contribution in [2.24, 2.45) is 34.7 Å². The highest BCUT2D eigenvalue weighted by Crippen LogP contribution is 2.62. The molecule has 2 aromatic carbocycles. The number of hydrogen-bond donors (Lipinski definition) is 0. The Morgan fingerprint density at radius 1 is 0.931 bits per heavy atom. The largest absolute Gasteiger partial charge is 0.391 e. The highest BCUT2D eigenvalue weighted by Gasteiger charge is 2.70. The molecule has 2 amide bonds. The smallest absolute Gasteiger partial charge is 0.238 e. The minimum Gasteiger partial charge on any atom is -0.391 e. The van der Waals surface area contributed by atoms with Gasteiger partial charge in [-0.3, -0.25) is 14.5 Å². The number of hydrogen-bond acceptors (Lipinski definition) is 4. The normalized spacial score (nSPS) is 34.3. The number of anilines is 1. The highest BCUT2D eigenvalue weighted by molar-refractivity contribution is 6.31. The summed E-state index contributed by atoms with van der Waals surface area (Å²) < 4.78 is 0. The lowest BCUT2D eigenvalue weighted by Crippen LogP contribution is -2.41. The number of benzene rings is 2. The van der Waals surface area contributed by atoms with E-state index < -0.39 is 0 Å². The van der Waals surface area contributed by atoms with Gasteiger partial charge in [0.25, 0.3) is 0 Å². The van der Waals surface area contributed by atoms with Crippen LogP contribution < -0.4 is 4.90 Å². The summed E-state index contributed by atoms with van der Waals surface area (Å²) in [6.45, 7) is 2.05. The Morgan fingerprint density at radius 3 is 2.28 bits per heavy atom. The molecule has 2 aliphatic carbocycles. The van der Waals surface area contributed by atoms with E-state index >= 15 is 0 Å². The number of carbonyl (C=O) groups excluding carboxylic acids is 2. The molecule has 0 unspecified atom stereocenters. The van der Waals surface area contributed by atoms with Crippen LogP contribution in [0.1, 0.15) is 17.5 Å². The molecule has 0 N–H and O–H groups in total. The van der Waals surface area contributed by atoms with E-state index in [-0.39, 0.29) is 47.5 Å². The maximum Gasteiger partial charge on any atom is 0.238 e. The van der Waals surface area contributed by atoms with Gasteiger partial charge < -0.3 is 4.84 Å². The van der Waals surface area contributed by atoms with Crippen LogP contribution in [-0.4, -0.2) is 23.6 Å². The van der Waals surface area contributed by atoms with E-state index in [0.29, 0.717) is 10.7 Å². The van der Waals surface area contributed by atoms with Crippen LogP contribution in [-0.2, 0) is 14.4 Å². The first-order valence-electron chi connectivity index (χ1n) is 9.99. The second-order valence-corrected chi connectivity index (χ2v) is 8.98. The number of oxime groups is 1. The number of nitrogens with zero attached hydrogens (tertiary/aromatic N) is 2. The van der Waals surface area contributed by atoms with E-state index in [1.807, 2.05) is 0 Å². The van der Waals surface area contributed by atoms with Crippen LogP contribution in [0, 0.1) is 36.5 Å². The molecular formula is C23H19ClN2O3. The SMILES string of the molecule is Cc1ccc(C2=NO[C@H]3[C@@H]4C[C@H]([C@H]5C(=O)N(c6ccc(Cl)cc6)C(=O)[C@H]45)[C@H]23)cc1. The van der Waals surface area contributed by atoms with Gasteiger partial charge in [-0.1, -0.05) is 46.6 Å². The summed E-state index contributed by atoms with van der Waals surface area (Å²) >= 11 is 5.97. The molecule has 1 saturated heterocycles. The fourth-order valence-corrected chi connectivity index (χ4v) is 6.06. The molecular weight excluding hydrogens is 388 g/mol. The third kappa shape index (κ3) is 2.25. The molecule has 2 heterocycles. The summed E-state index contributed by atoms with van der Waals surface area (Å²) in [6.07, 6.45) is 0.737. The Bertz CT molecular complexity index is 1060. The first-order chi connectivity index (χ1) is 14.0. The summed E-state index contributed by atoms with van der Waals surface area (Å²) in [4.78, 5) is 33.8. The van der Waals surface area contributed by atoms with Gasteiger partial charge in [-0.15, -0.1) is 0 Å². The van der Waals surface area contributed by atoms with Crippen molar-refractivity contribution in [3.63, 3.8) is 0 Å². The van der Waals surface area contributed by atoms with Crippen molar-refractivity contribution in [3.8, 4) is 0 Å². The quantitative estimate of drug-likeness (QED) is 0.712. The van der Waals surface area contributed by atoms with E-state index in [9.17, 15) is 9.59 Å². The first-order valence-corrected chi connectivity index (χ1v) is 10.4. The van der Waals surface area contributed by atoms with Gasteiger partial charge in [0.05, 0.1) is 23.2 Å². The molecule has 2 aliphatic heterocycles. The molecule has 2 bridgehead atoms. The van der Waals surface area contributed by atoms with Crippen molar-refractivity contribution in [1.82, 2.24) is 0 Å². The average Bonchev–Trinajstić information content (AvgIpc) is 3.44. The molecule has 6 rings (SSSR count). The molecule has 3 fully saturated rings. The number of imide groups is 1. The van der Waals surface area contributed by atoms with Crippen molar-refractivity contribution in [2.45, 2.75) is 19.4 Å². The summed E-state index contributed by atoms with van der Waals surface area (Å²) in [5.41, 5.74) is 3.74. The zero-order valence-corrected chi connectivity index (χ0v) is 16.5. The summed E-state index contributed by atoms with van der Waals surface area (Å²) in [6, 6.07) is 15.1. The number of halogens is 1. The zero-order chi connectivity index (χ0) is 19.9. The first kappa shape index (κ1) is 17.2. The third-order valence-corrected chi connectivity index (χ3v) is 7.37. The molecule has 29 heavy (non-hydrogen) atoms. The van der Waals surface area contributed by atoms with Crippen LogP contribution in [0.2, 0.25) is 5.02 Å². The standard InChI is InChI=1S/C23H19ClN2O3/c1-11-2-4-12(5-3-11)20-19-15-10-16(21(19)29-25-20)18-17(15)22(27)26(23(18)28)14-8-6-13(24)7-9-14/h2-9,15-19,21H,10H2,1H3/t15-,16-,17-,18-,19-,21+/m1/s1. The highest BCUT2D eigenvalue weighted by atomic mass is 35.5. The van der Waals surface area contributed by atoms with Crippen molar-refractivity contribution >= 4 is 34.8 Å². The van der Waals surface area contributed by atoms with Crippen LogP contribution in [0.5, 0.6) is 0 Å². The Balaban J connectivity index is 1.35. The molecule has 2 saturated carbocycles. The molecule has 5 nitrogen and oxygen atoms in total. The van der Waals surface area contributed by atoms with E-state index in [2.05, 4.69) is 36.3 Å². The minimum atomic E-state index is -0.308. The third-order valence-electron chi connectivity index (χ3n) is 7.12. The zero-order valence-electron chi connectivity index (χ0n) is 15.8. The maximum absolute atomic E-state index is 13.3. The van der Waals surface area contributed by atoms with E-state index in [0.717, 1.165) is 17.7 Å². The average molecular weight is 407 g/mol. The number of rotatable bonds is 2. The van der Waals surface area contributed by atoms with E-state index in [1.54, 1.807) is 24.3 Å². The molecule has 0 radical (unpaired) electrons. The molecule has 6 heteroatoms. The summed E-state index contributed by atoms with van der Waals surface area (Å²) in [5, 5.41) is 4.97. The lowest BCUT2D eigenvalue weighted by atomic mass is 9.71. The molecule has 0 aromatic heterocycles. The molecule has 146 valence electrons. The van der Waals surface area contributed by atoms with Crippen LogP contribution in [0.3, 0.4) is 0 Å². The van der Waals surface area contributed by atoms with Crippen molar-refractivity contribution in [2.75, 3.05) is 4.90 Å². The van der Waals surface area contributed by atoms with Crippen molar-refractivity contribution in [1.29, 1.82) is 0 Å². The number of fused-ring (bicyclic) bond motifs is 8. The number of aryl methyl sites for hydroxylation is 1. The van der Waals surface area contributed by atoms with Gasteiger partial charge in [-0.2, -0.15) is 0 Å². The maximum atomic E-state index is 13.3. The van der Waals surface area contributed by atoms with E-state index in [1.165, 1.54) is 10.5 Å². The second-order valence-electron chi connectivity index (χ2n) is 8.54.